The number of ether oxygens (including phenoxy) is 2. The highest BCUT2D eigenvalue weighted by atomic mass is 35.5. The van der Waals surface area contributed by atoms with Gasteiger partial charge in [-0.05, 0) is 29.3 Å². The van der Waals surface area contributed by atoms with E-state index in [1.807, 2.05) is 24.3 Å². The number of hydrazone groups is 1. The zero-order valence-corrected chi connectivity index (χ0v) is 20.0. The van der Waals surface area contributed by atoms with Crippen LogP contribution in [0.15, 0.2) is 77.9 Å². The highest BCUT2D eigenvalue weighted by Gasteiger charge is 2.52. The van der Waals surface area contributed by atoms with E-state index in [0.29, 0.717) is 0 Å². The van der Waals surface area contributed by atoms with Gasteiger partial charge in [-0.3, -0.25) is 4.90 Å². The van der Waals surface area contributed by atoms with Gasteiger partial charge in [-0.1, -0.05) is 66.2 Å². The molecule has 6 heteroatoms. The number of benzene rings is 3. The van der Waals surface area contributed by atoms with Gasteiger partial charge in [0.2, 0.25) is 5.72 Å². The molecule has 0 unspecified atom stereocenters. The van der Waals surface area contributed by atoms with Crippen molar-refractivity contribution in [1.82, 2.24) is 9.91 Å². The van der Waals surface area contributed by atoms with Gasteiger partial charge in [-0.2, -0.15) is 5.10 Å². The Hall–Kier alpha value is -3.02. The summed E-state index contributed by atoms with van der Waals surface area (Å²) in [5.74, 6) is 1.67. The molecule has 1 spiro atoms. The van der Waals surface area contributed by atoms with Crippen molar-refractivity contribution >= 4 is 17.3 Å². The Morgan fingerprint density at radius 1 is 1.00 bits per heavy atom. The van der Waals surface area contributed by atoms with Crippen LogP contribution in [0.25, 0.3) is 0 Å². The van der Waals surface area contributed by atoms with Crippen LogP contribution >= 0.6 is 11.6 Å². The van der Waals surface area contributed by atoms with E-state index < -0.39 is 5.72 Å². The van der Waals surface area contributed by atoms with Crippen LogP contribution in [0.5, 0.6) is 11.5 Å². The number of nitrogens with zero attached hydrogens (tertiary/aromatic N) is 3. The number of piperidine rings is 1. The minimum atomic E-state index is -0.479. The molecule has 1 saturated heterocycles. The van der Waals surface area contributed by atoms with Gasteiger partial charge in [-0.15, -0.1) is 0 Å². The quantitative estimate of drug-likeness (QED) is 0.474. The van der Waals surface area contributed by atoms with Crippen LogP contribution in [-0.2, 0) is 6.54 Å². The van der Waals surface area contributed by atoms with Crippen LogP contribution < -0.4 is 9.47 Å². The fraction of sp³-hybridized carbons (Fsp3) is 0.321. The Balaban J connectivity index is 1.33. The van der Waals surface area contributed by atoms with Crippen LogP contribution in [0.2, 0.25) is 5.02 Å². The molecule has 34 heavy (non-hydrogen) atoms. The van der Waals surface area contributed by atoms with Crippen molar-refractivity contribution in [3.63, 3.8) is 0 Å². The van der Waals surface area contributed by atoms with Crippen molar-refractivity contribution in [1.29, 1.82) is 0 Å². The second-order valence-corrected chi connectivity index (χ2v) is 9.74. The number of likely N-dealkylation sites (tertiary alicyclic amines) is 1. The SMILES string of the molecule is COc1cccc2c1OC1(CCN(Cc3ccccc3)CC1)N1N=C(c3ccc(Cl)cc3)C[C@@H]21. The van der Waals surface area contributed by atoms with Crippen LogP contribution in [0.4, 0.5) is 0 Å². The van der Waals surface area contributed by atoms with Gasteiger partial charge in [-0.25, -0.2) is 5.01 Å². The normalized spacial score (nSPS) is 20.9. The summed E-state index contributed by atoms with van der Waals surface area (Å²) >= 11 is 6.14. The molecule has 1 fully saturated rings. The second kappa shape index (κ2) is 8.64. The van der Waals surface area contributed by atoms with Crippen molar-refractivity contribution in [2.24, 2.45) is 5.10 Å². The summed E-state index contributed by atoms with van der Waals surface area (Å²) < 4.78 is 12.6. The maximum Gasteiger partial charge on any atom is 0.200 e. The Morgan fingerprint density at radius 2 is 1.76 bits per heavy atom. The summed E-state index contributed by atoms with van der Waals surface area (Å²) in [6.45, 7) is 2.86. The van der Waals surface area contributed by atoms with Gasteiger partial charge in [0.15, 0.2) is 11.5 Å². The lowest BCUT2D eigenvalue weighted by Gasteiger charge is -2.51. The molecule has 0 bridgehead atoms. The van der Waals surface area contributed by atoms with E-state index in [0.717, 1.165) is 72.3 Å². The molecular weight excluding hydrogens is 446 g/mol. The van der Waals surface area contributed by atoms with Crippen molar-refractivity contribution < 1.29 is 9.47 Å². The van der Waals surface area contributed by atoms with E-state index in [4.69, 9.17) is 26.2 Å². The van der Waals surface area contributed by atoms with E-state index in [2.05, 4.69) is 58.4 Å². The van der Waals surface area contributed by atoms with Gasteiger partial charge >= 0.3 is 0 Å². The second-order valence-electron chi connectivity index (χ2n) is 9.31. The summed E-state index contributed by atoms with van der Waals surface area (Å²) in [6.07, 6.45) is 2.59. The first-order valence-corrected chi connectivity index (χ1v) is 12.3. The Labute approximate surface area is 205 Å². The molecule has 3 aromatic carbocycles. The molecule has 6 rings (SSSR count). The van der Waals surface area contributed by atoms with Gasteiger partial charge in [0.05, 0.1) is 18.9 Å². The molecule has 0 aromatic heterocycles. The third kappa shape index (κ3) is 3.73. The maximum absolute atomic E-state index is 6.84. The fourth-order valence-corrected chi connectivity index (χ4v) is 5.61. The van der Waals surface area contributed by atoms with Gasteiger partial charge in [0, 0.05) is 49.5 Å². The van der Waals surface area contributed by atoms with Gasteiger partial charge < -0.3 is 9.47 Å². The van der Waals surface area contributed by atoms with Crippen molar-refractivity contribution in [2.75, 3.05) is 20.2 Å². The number of fused-ring (bicyclic) bond motifs is 4. The average Bonchev–Trinajstić information content (AvgIpc) is 3.33. The summed E-state index contributed by atoms with van der Waals surface area (Å²) in [6, 6.07) is 25.0. The lowest BCUT2D eigenvalue weighted by Crippen LogP contribution is -2.59. The summed E-state index contributed by atoms with van der Waals surface area (Å²) in [4.78, 5) is 2.51. The molecule has 3 aromatic rings. The monoisotopic (exact) mass is 473 g/mol. The van der Waals surface area contributed by atoms with Gasteiger partial charge in [0.1, 0.15) is 0 Å². The molecular formula is C28H28ClN3O2. The zero-order valence-electron chi connectivity index (χ0n) is 19.3. The molecule has 1 atom stereocenters. The van der Waals surface area contributed by atoms with Crippen molar-refractivity contribution in [3.8, 4) is 11.5 Å². The first-order chi connectivity index (χ1) is 16.6. The number of rotatable bonds is 4. The Kier molecular flexibility index (Phi) is 5.47. The van der Waals surface area contributed by atoms with Crippen LogP contribution in [-0.4, -0.2) is 41.5 Å². The van der Waals surface area contributed by atoms with E-state index in [1.54, 1.807) is 7.11 Å². The highest BCUT2D eigenvalue weighted by Crippen LogP contribution is 2.52. The van der Waals surface area contributed by atoms with E-state index in [9.17, 15) is 0 Å². The highest BCUT2D eigenvalue weighted by molar-refractivity contribution is 6.30. The first-order valence-electron chi connectivity index (χ1n) is 11.9. The van der Waals surface area contributed by atoms with E-state index in [-0.39, 0.29) is 6.04 Å². The molecule has 174 valence electrons. The number of methoxy groups -OCH3 is 1. The smallest absolute Gasteiger partial charge is 0.200 e. The number of halogens is 1. The molecule has 0 amide bonds. The molecule has 0 N–H and O–H groups in total. The minimum absolute atomic E-state index is 0.130. The Bertz CT molecular complexity index is 1200. The minimum Gasteiger partial charge on any atom is -0.493 e. The number of para-hydroxylation sites is 1. The maximum atomic E-state index is 6.84. The lowest BCUT2D eigenvalue weighted by molar-refractivity contribution is -0.151. The fourth-order valence-electron chi connectivity index (χ4n) is 5.48. The van der Waals surface area contributed by atoms with Crippen molar-refractivity contribution in [3.05, 3.63) is 94.5 Å². The van der Waals surface area contributed by atoms with E-state index in [1.165, 1.54) is 5.56 Å². The number of hydrogen-bond acceptors (Lipinski definition) is 5. The van der Waals surface area contributed by atoms with Gasteiger partial charge in [0.25, 0.3) is 0 Å². The predicted molar refractivity (Wildman–Crippen MR) is 134 cm³/mol. The summed E-state index contributed by atoms with van der Waals surface area (Å²) in [7, 11) is 1.71. The molecule has 3 aliphatic rings. The Morgan fingerprint density at radius 3 is 2.50 bits per heavy atom. The number of hydrogen-bond donors (Lipinski definition) is 0. The standard InChI is InChI=1S/C28H28ClN3O2/c1-33-26-9-5-8-23-25-18-24(21-10-12-22(29)13-11-21)30-32(25)28(34-27(23)26)14-16-31(17-15-28)19-20-6-3-2-4-7-20/h2-13,25H,14-19H2,1H3/t25-/m0/s1. The molecule has 5 nitrogen and oxygen atoms in total. The average molecular weight is 474 g/mol. The third-order valence-corrected chi connectivity index (χ3v) is 7.52. The van der Waals surface area contributed by atoms with Crippen LogP contribution in [0, 0.1) is 0 Å². The molecule has 3 aliphatic heterocycles. The van der Waals surface area contributed by atoms with Crippen LogP contribution in [0.1, 0.15) is 42.0 Å². The topological polar surface area (TPSA) is 37.3 Å². The largest absolute Gasteiger partial charge is 0.493 e. The molecule has 0 radical (unpaired) electrons. The summed E-state index contributed by atoms with van der Waals surface area (Å²) in [5.41, 5.74) is 4.20. The van der Waals surface area contributed by atoms with Crippen LogP contribution in [0.3, 0.4) is 0 Å². The zero-order chi connectivity index (χ0) is 23.1. The molecule has 3 heterocycles. The first kappa shape index (κ1) is 21.5. The lowest BCUT2D eigenvalue weighted by atomic mass is 9.90. The molecule has 0 saturated carbocycles. The predicted octanol–water partition coefficient (Wildman–Crippen LogP) is 5.88. The van der Waals surface area contributed by atoms with E-state index >= 15 is 0 Å². The summed E-state index contributed by atoms with van der Waals surface area (Å²) in [5, 5.41) is 8.16. The third-order valence-electron chi connectivity index (χ3n) is 7.27. The van der Waals surface area contributed by atoms with Crippen molar-refractivity contribution in [2.45, 2.75) is 37.6 Å². The molecule has 0 aliphatic carbocycles.